The van der Waals surface area contributed by atoms with Gasteiger partial charge in [0.05, 0.1) is 0 Å². The molecule has 0 spiro atoms. The van der Waals surface area contributed by atoms with Crippen LogP contribution < -0.4 is 0 Å². The van der Waals surface area contributed by atoms with Gasteiger partial charge >= 0.3 is 21.6 Å². The number of hydrogen-bond acceptors (Lipinski definition) is 9. The maximum absolute atomic E-state index is 11.2. The topological polar surface area (TPSA) is 221 Å². The molecule has 1 fully saturated rings. The van der Waals surface area contributed by atoms with Crippen LogP contribution in [-0.4, -0.2) is 71.8 Å². The molecule has 1 rings (SSSR count). The van der Waals surface area contributed by atoms with Gasteiger partial charge in [-0.2, -0.15) is 4.31 Å². The van der Waals surface area contributed by atoms with Gasteiger partial charge in [0.2, 0.25) is 0 Å². The highest BCUT2D eigenvalue weighted by atomic mass is 31.3. The molecule has 0 aromatic rings. The van der Waals surface area contributed by atoms with Crippen LogP contribution in [0.25, 0.3) is 0 Å². The molecule has 13 nitrogen and oxygen atoms in total. The molecule has 0 bridgehead atoms. The average molecular weight is 354 g/mol. The van der Waals surface area contributed by atoms with E-state index in [1.54, 1.807) is 0 Å². The third-order valence-electron chi connectivity index (χ3n) is 2.26. The summed E-state index contributed by atoms with van der Waals surface area (Å²) in [4.78, 5) is 36.5. The summed E-state index contributed by atoms with van der Waals surface area (Å²) in [5.74, 6) is -1.79. The van der Waals surface area contributed by atoms with E-state index in [4.69, 9.17) is 19.8 Å². The fourth-order valence-corrected chi connectivity index (χ4v) is 3.09. The number of phosphoric acid groups is 2. The summed E-state index contributed by atoms with van der Waals surface area (Å²) < 4.78 is 33.6. The molecule has 124 valence electrons. The highest BCUT2D eigenvalue weighted by Crippen LogP contribution is 2.58. The Hall–Kier alpha value is -0.430. The van der Waals surface area contributed by atoms with E-state index in [2.05, 4.69) is 13.6 Å². The van der Waals surface area contributed by atoms with Crippen molar-refractivity contribution in [1.82, 2.24) is 0 Å². The van der Waals surface area contributed by atoms with Gasteiger partial charge in [0.15, 0.2) is 12.4 Å². The second-order valence-electron chi connectivity index (χ2n) is 3.88. The number of aliphatic hydroxyl groups excluding tert-OH is 3. The van der Waals surface area contributed by atoms with Crippen LogP contribution in [0.1, 0.15) is 0 Å². The zero-order valence-corrected chi connectivity index (χ0v) is 11.7. The van der Waals surface area contributed by atoms with Crippen molar-refractivity contribution in [3.8, 4) is 0 Å². The molecule has 0 amide bonds. The molecule has 1 heterocycles. The van der Waals surface area contributed by atoms with Gasteiger partial charge in [-0.25, -0.2) is 13.9 Å². The smallest absolute Gasteiger partial charge is 0.479 e. The van der Waals surface area contributed by atoms with Gasteiger partial charge < -0.3 is 39.8 Å². The predicted octanol–water partition coefficient (Wildman–Crippen LogP) is -2.90. The summed E-state index contributed by atoms with van der Waals surface area (Å²) in [6.45, 7) is 0. The first-order valence-electron chi connectivity index (χ1n) is 5.04. The van der Waals surface area contributed by atoms with Crippen molar-refractivity contribution in [2.45, 2.75) is 30.7 Å². The molecule has 15 heteroatoms. The average Bonchev–Trinajstić information content (AvgIpc) is 2.26. The molecule has 21 heavy (non-hydrogen) atoms. The van der Waals surface area contributed by atoms with Crippen molar-refractivity contribution in [3.63, 3.8) is 0 Å². The largest absolute Gasteiger partial charge is 0.483 e. The standard InChI is InChI=1S/C6H12O13P2/c7-1-2(8)4(5(10)11)17-6(3(1)9)18-21(15,16)19-20(12,13)14/h1-4,6-9H,(H,10,11)(H,15,16)(H2,12,13,14)/t1-,2+,3+,4-,6+/m0/s1. The van der Waals surface area contributed by atoms with Gasteiger partial charge in [-0.15, -0.1) is 0 Å². The quantitative estimate of drug-likeness (QED) is 0.247. The highest BCUT2D eigenvalue weighted by Gasteiger charge is 2.50. The van der Waals surface area contributed by atoms with E-state index in [1.807, 2.05) is 0 Å². The summed E-state index contributed by atoms with van der Waals surface area (Å²) in [6, 6.07) is 0. The number of carboxylic acids is 1. The summed E-state index contributed by atoms with van der Waals surface area (Å²) >= 11 is 0. The lowest BCUT2D eigenvalue weighted by atomic mass is 9.99. The summed E-state index contributed by atoms with van der Waals surface area (Å²) in [6.07, 6.45) is -10.8. The Kier molecular flexibility index (Phi) is 5.64. The van der Waals surface area contributed by atoms with Gasteiger partial charge in [0.25, 0.3) is 0 Å². The van der Waals surface area contributed by atoms with E-state index >= 15 is 0 Å². The third-order valence-corrected chi connectivity index (χ3v) is 4.41. The Morgan fingerprint density at radius 1 is 1.00 bits per heavy atom. The molecule has 6 atom stereocenters. The lowest BCUT2D eigenvalue weighted by molar-refractivity contribution is -0.274. The first kappa shape index (κ1) is 18.6. The van der Waals surface area contributed by atoms with Crippen LogP contribution in [-0.2, 0) is 27.5 Å². The molecule has 1 aliphatic heterocycles. The van der Waals surface area contributed by atoms with E-state index in [-0.39, 0.29) is 0 Å². The maximum atomic E-state index is 11.2. The van der Waals surface area contributed by atoms with Crippen molar-refractivity contribution in [3.05, 3.63) is 0 Å². The Morgan fingerprint density at radius 2 is 1.52 bits per heavy atom. The Bertz CT molecular complexity index is 485. The van der Waals surface area contributed by atoms with Gasteiger partial charge in [0.1, 0.15) is 18.3 Å². The van der Waals surface area contributed by atoms with Crippen molar-refractivity contribution in [2.24, 2.45) is 0 Å². The van der Waals surface area contributed by atoms with Crippen LogP contribution in [0.15, 0.2) is 0 Å². The number of carbonyl (C=O) groups is 1. The highest BCUT2D eigenvalue weighted by molar-refractivity contribution is 7.60. The monoisotopic (exact) mass is 354 g/mol. The minimum atomic E-state index is -5.46. The van der Waals surface area contributed by atoms with Gasteiger partial charge in [0, 0.05) is 0 Å². The van der Waals surface area contributed by atoms with Gasteiger partial charge in [-0.1, -0.05) is 0 Å². The molecule has 7 N–H and O–H groups in total. The molecule has 0 aliphatic carbocycles. The number of rotatable bonds is 5. The SMILES string of the molecule is O=C(O)[C@H]1O[C@H](OP(=O)(O)OP(=O)(O)O)[C@H](O)[C@@H](O)[C@H]1O. The number of aliphatic carboxylic acids is 1. The zero-order valence-electron chi connectivity index (χ0n) is 9.86. The minimum absolute atomic E-state index is 1.79. The zero-order chi connectivity index (χ0) is 16.6. The molecule has 0 saturated carbocycles. The lowest BCUT2D eigenvalue weighted by Crippen LogP contribution is -2.60. The van der Waals surface area contributed by atoms with Crippen LogP contribution in [0, 0.1) is 0 Å². The summed E-state index contributed by atoms with van der Waals surface area (Å²) in [7, 11) is -10.9. The number of ether oxygens (including phenoxy) is 1. The minimum Gasteiger partial charge on any atom is -0.479 e. The Labute approximate surface area is 116 Å². The molecule has 0 aromatic heterocycles. The lowest BCUT2D eigenvalue weighted by Gasteiger charge is -2.38. The fourth-order valence-electron chi connectivity index (χ4n) is 1.42. The fraction of sp³-hybridized carbons (Fsp3) is 0.833. The van der Waals surface area contributed by atoms with Crippen molar-refractivity contribution >= 4 is 21.6 Å². The Balaban J connectivity index is 2.89. The predicted molar refractivity (Wildman–Crippen MR) is 58.4 cm³/mol. The second-order valence-corrected chi connectivity index (χ2v) is 6.66. The van der Waals surface area contributed by atoms with Gasteiger partial charge in [-0.05, 0) is 0 Å². The normalized spacial score (nSPS) is 37.0. The van der Waals surface area contributed by atoms with E-state index in [9.17, 15) is 29.2 Å². The van der Waals surface area contributed by atoms with Crippen LogP contribution in [0.3, 0.4) is 0 Å². The molecule has 0 aromatic carbocycles. The van der Waals surface area contributed by atoms with E-state index in [0.717, 1.165) is 0 Å². The number of hydrogen-bond donors (Lipinski definition) is 7. The molecular formula is C6H12O13P2. The van der Waals surface area contributed by atoms with Crippen LogP contribution >= 0.6 is 15.6 Å². The van der Waals surface area contributed by atoms with Crippen molar-refractivity contribution < 1.29 is 62.6 Å². The number of carboxylic acid groups (broad SMARTS) is 1. The maximum Gasteiger partial charge on any atom is 0.483 e. The molecule has 1 saturated heterocycles. The van der Waals surface area contributed by atoms with Gasteiger partial charge in [-0.3, -0.25) is 4.52 Å². The summed E-state index contributed by atoms with van der Waals surface area (Å²) in [5.41, 5.74) is 0. The molecular weight excluding hydrogens is 342 g/mol. The van der Waals surface area contributed by atoms with E-state index in [0.29, 0.717) is 0 Å². The van der Waals surface area contributed by atoms with Crippen molar-refractivity contribution in [2.75, 3.05) is 0 Å². The second kappa shape index (κ2) is 6.36. The van der Waals surface area contributed by atoms with Crippen LogP contribution in [0.2, 0.25) is 0 Å². The molecule has 0 radical (unpaired) electrons. The van der Waals surface area contributed by atoms with Crippen LogP contribution in [0.4, 0.5) is 0 Å². The van der Waals surface area contributed by atoms with Crippen LogP contribution in [0.5, 0.6) is 0 Å². The first-order valence-corrected chi connectivity index (χ1v) is 8.07. The first-order chi connectivity index (χ1) is 9.34. The molecule has 1 aliphatic rings. The number of aliphatic hydroxyl groups is 3. The van der Waals surface area contributed by atoms with E-state index < -0.39 is 52.3 Å². The Morgan fingerprint density at radius 3 is 1.95 bits per heavy atom. The number of phosphoric ester groups is 1. The molecule has 1 unspecified atom stereocenters. The van der Waals surface area contributed by atoms with E-state index in [1.165, 1.54) is 0 Å². The summed E-state index contributed by atoms with van der Waals surface area (Å²) in [5, 5.41) is 36.8. The van der Waals surface area contributed by atoms with Crippen molar-refractivity contribution in [1.29, 1.82) is 0 Å². The third kappa shape index (κ3) is 5.06.